The van der Waals surface area contributed by atoms with Gasteiger partial charge in [0.25, 0.3) is 0 Å². The lowest BCUT2D eigenvalue weighted by atomic mass is 9.51. The maximum atomic E-state index is 12.3. The molecule has 2 N–H and O–H groups in total. The van der Waals surface area contributed by atoms with Crippen LogP contribution in [0, 0.1) is 11.3 Å². The van der Waals surface area contributed by atoms with Crippen LogP contribution in [-0.2, 0) is 10.2 Å². The minimum absolute atomic E-state index is 0. The van der Waals surface area contributed by atoms with Crippen molar-refractivity contribution in [3.8, 4) is 0 Å². The normalized spacial score (nSPS) is 34.3. The van der Waals surface area contributed by atoms with Crippen LogP contribution in [0.3, 0.4) is 0 Å². The molecule has 2 aliphatic rings. The van der Waals surface area contributed by atoms with Crippen molar-refractivity contribution in [2.24, 2.45) is 17.1 Å². The molecular weight excluding hydrogens is 270 g/mol. The molecule has 22 heavy (non-hydrogen) atoms. The molecular formula is C20H31NO. The SMILES string of the molecule is CCCC[C@]1(c2ccccc2)CC2CCCC(C(N)=O)(C2)C1.[HH]. The molecule has 1 amide bonds. The molecule has 0 spiro atoms. The Kier molecular flexibility index (Phi) is 4.29. The fraction of sp³-hybridized carbons (Fsp3) is 0.650. The molecule has 2 fully saturated rings. The summed E-state index contributed by atoms with van der Waals surface area (Å²) >= 11 is 0. The van der Waals surface area contributed by atoms with E-state index in [4.69, 9.17) is 5.73 Å². The first-order chi connectivity index (χ1) is 10.6. The third-order valence-corrected chi connectivity index (χ3v) is 6.22. The minimum Gasteiger partial charge on any atom is -0.369 e. The fourth-order valence-electron chi connectivity index (χ4n) is 5.27. The molecule has 0 aliphatic heterocycles. The Morgan fingerprint density at radius 1 is 1.32 bits per heavy atom. The standard InChI is InChI=1S/C20H29NO.H2/c1-2-3-11-19(17-9-5-4-6-10-17)13-16-8-7-12-20(14-16,15-19)18(21)22;/h4-6,9-10,16H,2-3,7-8,11-15H2,1H3,(H2,21,22);1H/t16?,19-,20?;/m0./s1. The maximum Gasteiger partial charge on any atom is 0.223 e. The van der Waals surface area contributed by atoms with Crippen LogP contribution in [0.1, 0.15) is 71.7 Å². The van der Waals surface area contributed by atoms with Crippen LogP contribution in [0.15, 0.2) is 30.3 Å². The van der Waals surface area contributed by atoms with E-state index < -0.39 is 0 Å². The van der Waals surface area contributed by atoms with Gasteiger partial charge < -0.3 is 5.73 Å². The molecule has 122 valence electrons. The largest absolute Gasteiger partial charge is 0.369 e. The predicted octanol–water partition coefficient (Wildman–Crippen LogP) is 4.82. The first kappa shape index (κ1) is 15.6. The van der Waals surface area contributed by atoms with Gasteiger partial charge in [-0.05, 0) is 49.0 Å². The first-order valence-corrected chi connectivity index (χ1v) is 8.96. The van der Waals surface area contributed by atoms with Gasteiger partial charge in [-0.25, -0.2) is 0 Å². The van der Waals surface area contributed by atoms with E-state index in [1.54, 1.807) is 0 Å². The highest BCUT2D eigenvalue weighted by molar-refractivity contribution is 5.81. The maximum absolute atomic E-state index is 12.3. The lowest BCUT2D eigenvalue weighted by Crippen LogP contribution is -2.51. The van der Waals surface area contributed by atoms with Crippen molar-refractivity contribution in [3.05, 3.63) is 35.9 Å². The van der Waals surface area contributed by atoms with Crippen molar-refractivity contribution in [3.63, 3.8) is 0 Å². The number of fused-ring (bicyclic) bond motifs is 2. The third kappa shape index (κ3) is 2.68. The Hall–Kier alpha value is -1.31. The molecule has 0 aromatic heterocycles. The number of rotatable bonds is 5. The zero-order chi connectivity index (χ0) is 15.6. The van der Waals surface area contributed by atoms with Crippen molar-refractivity contribution >= 4 is 5.91 Å². The summed E-state index contributed by atoms with van der Waals surface area (Å²) in [6.45, 7) is 2.26. The topological polar surface area (TPSA) is 43.1 Å². The van der Waals surface area contributed by atoms with Crippen LogP contribution in [0.25, 0.3) is 0 Å². The molecule has 3 rings (SSSR count). The molecule has 0 saturated heterocycles. The van der Waals surface area contributed by atoms with E-state index in [2.05, 4.69) is 37.3 Å². The van der Waals surface area contributed by atoms with E-state index in [-0.39, 0.29) is 18.2 Å². The van der Waals surface area contributed by atoms with E-state index >= 15 is 0 Å². The van der Waals surface area contributed by atoms with Crippen molar-refractivity contribution in [2.45, 2.75) is 70.1 Å². The van der Waals surface area contributed by atoms with Crippen LogP contribution in [0.4, 0.5) is 0 Å². The van der Waals surface area contributed by atoms with Crippen LogP contribution >= 0.6 is 0 Å². The number of carbonyl (C=O) groups excluding carboxylic acids is 1. The molecule has 3 atom stereocenters. The van der Waals surface area contributed by atoms with E-state index in [0.29, 0.717) is 5.92 Å². The number of primary amides is 1. The second kappa shape index (κ2) is 6.06. The van der Waals surface area contributed by atoms with E-state index in [1.807, 2.05) is 0 Å². The van der Waals surface area contributed by atoms with Gasteiger partial charge in [0.05, 0.1) is 5.41 Å². The average molecular weight is 301 g/mol. The summed E-state index contributed by atoms with van der Waals surface area (Å²) < 4.78 is 0. The van der Waals surface area contributed by atoms with E-state index in [1.165, 1.54) is 44.1 Å². The van der Waals surface area contributed by atoms with Gasteiger partial charge in [0, 0.05) is 1.43 Å². The summed E-state index contributed by atoms with van der Waals surface area (Å²) in [4.78, 5) is 12.3. The first-order valence-electron chi connectivity index (χ1n) is 8.96. The van der Waals surface area contributed by atoms with Gasteiger partial charge in [0.15, 0.2) is 0 Å². The van der Waals surface area contributed by atoms with Crippen LogP contribution in [0.5, 0.6) is 0 Å². The second-order valence-corrected chi connectivity index (χ2v) is 7.74. The average Bonchev–Trinajstić information content (AvgIpc) is 2.53. The summed E-state index contributed by atoms with van der Waals surface area (Å²) in [7, 11) is 0. The zero-order valence-electron chi connectivity index (χ0n) is 13.8. The number of carbonyl (C=O) groups is 1. The highest BCUT2D eigenvalue weighted by Crippen LogP contribution is 2.58. The van der Waals surface area contributed by atoms with Crippen molar-refractivity contribution in [1.82, 2.24) is 0 Å². The van der Waals surface area contributed by atoms with Crippen molar-refractivity contribution in [2.75, 3.05) is 0 Å². The molecule has 2 heteroatoms. The quantitative estimate of drug-likeness (QED) is 0.832. The highest BCUT2D eigenvalue weighted by Gasteiger charge is 2.53. The van der Waals surface area contributed by atoms with Gasteiger partial charge in [-0.3, -0.25) is 4.79 Å². The van der Waals surface area contributed by atoms with Crippen LogP contribution < -0.4 is 5.73 Å². The lowest BCUT2D eigenvalue weighted by molar-refractivity contribution is -0.135. The van der Waals surface area contributed by atoms with Crippen molar-refractivity contribution < 1.29 is 6.22 Å². The predicted molar refractivity (Wildman–Crippen MR) is 92.6 cm³/mol. The van der Waals surface area contributed by atoms with Gasteiger partial charge in [-0.1, -0.05) is 62.9 Å². The number of amides is 1. The zero-order valence-corrected chi connectivity index (χ0v) is 13.8. The third-order valence-electron chi connectivity index (χ3n) is 6.22. The molecule has 2 aliphatic carbocycles. The van der Waals surface area contributed by atoms with Crippen LogP contribution in [0.2, 0.25) is 0 Å². The Balaban J connectivity index is 0.00000192. The van der Waals surface area contributed by atoms with E-state index in [9.17, 15) is 4.79 Å². The van der Waals surface area contributed by atoms with Gasteiger partial charge >= 0.3 is 0 Å². The highest BCUT2D eigenvalue weighted by atomic mass is 16.1. The molecule has 2 nitrogen and oxygen atoms in total. The number of benzene rings is 1. The van der Waals surface area contributed by atoms with Gasteiger partial charge in [-0.15, -0.1) is 0 Å². The fourth-order valence-corrected chi connectivity index (χ4v) is 5.27. The van der Waals surface area contributed by atoms with E-state index in [0.717, 1.165) is 19.3 Å². The number of nitrogens with two attached hydrogens (primary N) is 1. The van der Waals surface area contributed by atoms with Crippen LogP contribution in [-0.4, -0.2) is 5.91 Å². The Bertz CT molecular complexity index is 532. The summed E-state index contributed by atoms with van der Waals surface area (Å²) in [6, 6.07) is 10.9. The number of unbranched alkanes of at least 4 members (excludes halogenated alkanes) is 1. The number of hydrogen-bond donors (Lipinski definition) is 1. The summed E-state index contributed by atoms with van der Waals surface area (Å²) in [6.07, 6.45) is 10.3. The Morgan fingerprint density at radius 3 is 2.77 bits per heavy atom. The molecule has 0 radical (unpaired) electrons. The summed E-state index contributed by atoms with van der Waals surface area (Å²) in [5.41, 5.74) is 7.25. The minimum atomic E-state index is -0.245. The number of hydrogen-bond acceptors (Lipinski definition) is 1. The Labute approximate surface area is 136 Å². The monoisotopic (exact) mass is 301 g/mol. The van der Waals surface area contributed by atoms with Crippen molar-refractivity contribution in [1.29, 1.82) is 0 Å². The molecule has 0 heterocycles. The molecule has 1 aromatic rings. The lowest BCUT2D eigenvalue weighted by Gasteiger charge is -2.53. The smallest absolute Gasteiger partial charge is 0.223 e. The Morgan fingerprint density at radius 2 is 2.09 bits per heavy atom. The van der Waals surface area contributed by atoms with Gasteiger partial charge in [0.1, 0.15) is 0 Å². The van der Waals surface area contributed by atoms with Gasteiger partial charge in [0.2, 0.25) is 5.91 Å². The summed E-state index contributed by atoms with van der Waals surface area (Å²) in [5.74, 6) is 0.626. The second-order valence-electron chi connectivity index (χ2n) is 7.74. The molecule has 1 aromatic carbocycles. The summed E-state index contributed by atoms with van der Waals surface area (Å²) in [5, 5.41) is 0. The molecule has 2 bridgehead atoms. The molecule has 2 unspecified atom stereocenters. The molecule has 2 saturated carbocycles. The van der Waals surface area contributed by atoms with Gasteiger partial charge in [-0.2, -0.15) is 0 Å².